The normalized spacial score (nSPS) is 22.4. The summed E-state index contributed by atoms with van der Waals surface area (Å²) in [6.45, 7) is 1.49. The van der Waals surface area contributed by atoms with Crippen LogP contribution in [0.5, 0.6) is 0 Å². The largest absolute Gasteiger partial charge is 0.465 e. The highest BCUT2D eigenvalue weighted by atomic mass is 32.1. The van der Waals surface area contributed by atoms with Crippen molar-refractivity contribution in [2.24, 2.45) is 0 Å². The van der Waals surface area contributed by atoms with Crippen LogP contribution in [0.3, 0.4) is 0 Å². The molecule has 33 heavy (non-hydrogen) atoms. The third kappa shape index (κ3) is 4.36. The van der Waals surface area contributed by atoms with E-state index in [4.69, 9.17) is 26.1 Å². The summed E-state index contributed by atoms with van der Waals surface area (Å²) in [6.07, 6.45) is 4.03. The van der Waals surface area contributed by atoms with E-state index in [0.29, 0.717) is 17.2 Å². The van der Waals surface area contributed by atoms with Gasteiger partial charge in [-0.3, -0.25) is 4.98 Å². The van der Waals surface area contributed by atoms with Crippen LogP contribution in [0.1, 0.15) is 46.7 Å². The number of thiocarbonyl (C=S) groups is 1. The lowest BCUT2D eigenvalue weighted by molar-refractivity contribution is 0.0600. The summed E-state index contributed by atoms with van der Waals surface area (Å²) < 4.78 is 17.0. The van der Waals surface area contributed by atoms with Crippen molar-refractivity contribution in [2.75, 3.05) is 20.3 Å². The van der Waals surface area contributed by atoms with Crippen LogP contribution in [0.15, 0.2) is 65.2 Å². The molecule has 2 aliphatic rings. The van der Waals surface area contributed by atoms with Crippen molar-refractivity contribution in [1.82, 2.24) is 15.2 Å². The standard InChI is InChI=1S/C25H25N3O4S/c1-30-24(29)17-9-7-16(8-10-17)20-11-12-21(32-20)23-22(19-6-2-3-13-26-19)27-25(33)28(23)15-18-5-4-14-31-18/h2-3,6-13,18,22-23H,4-5,14-15H2,1H3,(H,27,33)/t18-,22-,23-/m0/s1. The van der Waals surface area contributed by atoms with Crippen LogP contribution < -0.4 is 5.32 Å². The zero-order chi connectivity index (χ0) is 22.8. The van der Waals surface area contributed by atoms with Gasteiger partial charge in [-0.15, -0.1) is 0 Å². The molecule has 2 fully saturated rings. The fourth-order valence-corrected chi connectivity index (χ4v) is 4.79. The van der Waals surface area contributed by atoms with Crippen molar-refractivity contribution in [1.29, 1.82) is 0 Å². The van der Waals surface area contributed by atoms with E-state index in [-0.39, 0.29) is 24.2 Å². The Hall–Kier alpha value is -3.23. The molecule has 8 heteroatoms. The SMILES string of the molecule is COC(=O)c1ccc(-c2ccc([C@H]3[C@H](c4ccccn4)NC(=S)N3C[C@@H]3CCCO3)o2)cc1. The van der Waals surface area contributed by atoms with Crippen molar-refractivity contribution >= 4 is 23.3 Å². The molecule has 5 rings (SSSR count). The summed E-state index contributed by atoms with van der Waals surface area (Å²) >= 11 is 5.73. The first-order chi connectivity index (χ1) is 16.1. The zero-order valence-corrected chi connectivity index (χ0v) is 19.1. The Balaban J connectivity index is 1.46. The molecular weight excluding hydrogens is 438 g/mol. The third-order valence-corrected chi connectivity index (χ3v) is 6.48. The number of carbonyl (C=O) groups excluding carboxylic acids is 1. The number of nitrogens with one attached hydrogen (secondary N) is 1. The molecular formula is C25H25N3O4S. The van der Waals surface area contributed by atoms with Gasteiger partial charge in [-0.2, -0.15) is 0 Å². The lowest BCUT2D eigenvalue weighted by Crippen LogP contribution is -2.36. The molecule has 3 atom stereocenters. The number of benzene rings is 1. The van der Waals surface area contributed by atoms with Gasteiger partial charge in [0.15, 0.2) is 5.11 Å². The van der Waals surface area contributed by atoms with Crippen LogP contribution in [-0.2, 0) is 9.47 Å². The minimum atomic E-state index is -0.366. The van der Waals surface area contributed by atoms with E-state index in [0.717, 1.165) is 42.2 Å². The monoisotopic (exact) mass is 463 g/mol. The predicted octanol–water partition coefficient (Wildman–Crippen LogP) is 4.28. The number of pyridine rings is 1. The van der Waals surface area contributed by atoms with Gasteiger partial charge in [0.1, 0.15) is 17.6 Å². The van der Waals surface area contributed by atoms with E-state index < -0.39 is 0 Å². The summed E-state index contributed by atoms with van der Waals surface area (Å²) in [4.78, 5) is 18.5. The van der Waals surface area contributed by atoms with Crippen LogP contribution in [-0.4, -0.2) is 47.3 Å². The third-order valence-electron chi connectivity index (χ3n) is 6.13. The van der Waals surface area contributed by atoms with Crippen LogP contribution >= 0.6 is 12.2 Å². The molecule has 2 aliphatic heterocycles. The van der Waals surface area contributed by atoms with Crippen LogP contribution in [0.4, 0.5) is 0 Å². The van der Waals surface area contributed by atoms with E-state index in [9.17, 15) is 4.79 Å². The number of ether oxygens (including phenoxy) is 2. The molecule has 0 unspecified atom stereocenters. The van der Waals surface area contributed by atoms with Gasteiger partial charge in [0.05, 0.1) is 30.5 Å². The summed E-state index contributed by atoms with van der Waals surface area (Å²) in [5.41, 5.74) is 2.28. The molecule has 1 N–H and O–H groups in total. The molecule has 2 saturated heterocycles. The fraction of sp³-hybridized carbons (Fsp3) is 0.320. The number of furan rings is 1. The minimum Gasteiger partial charge on any atom is -0.465 e. The van der Waals surface area contributed by atoms with E-state index >= 15 is 0 Å². The second kappa shape index (κ2) is 9.33. The fourth-order valence-electron chi connectivity index (χ4n) is 4.47. The first kappa shape index (κ1) is 21.6. The Bertz CT molecular complexity index is 1130. The quantitative estimate of drug-likeness (QED) is 0.429. The number of hydrogen-bond donors (Lipinski definition) is 1. The van der Waals surface area contributed by atoms with E-state index in [2.05, 4.69) is 15.2 Å². The van der Waals surface area contributed by atoms with Gasteiger partial charge in [-0.1, -0.05) is 18.2 Å². The highest BCUT2D eigenvalue weighted by Crippen LogP contribution is 2.41. The second-order valence-corrected chi connectivity index (χ2v) is 8.57. The minimum absolute atomic E-state index is 0.138. The average molecular weight is 464 g/mol. The molecule has 0 saturated carbocycles. The Kier molecular flexibility index (Phi) is 6.11. The molecule has 0 aliphatic carbocycles. The lowest BCUT2D eigenvalue weighted by Gasteiger charge is -2.28. The van der Waals surface area contributed by atoms with Crippen LogP contribution in [0, 0.1) is 0 Å². The van der Waals surface area contributed by atoms with Crippen molar-refractivity contribution < 1.29 is 18.7 Å². The first-order valence-corrected chi connectivity index (χ1v) is 11.4. The molecule has 4 heterocycles. The Morgan fingerprint density at radius 1 is 1.21 bits per heavy atom. The first-order valence-electron chi connectivity index (χ1n) is 11.0. The maximum absolute atomic E-state index is 11.7. The topological polar surface area (TPSA) is 76.8 Å². The number of carbonyl (C=O) groups is 1. The smallest absolute Gasteiger partial charge is 0.337 e. The van der Waals surface area contributed by atoms with Crippen LogP contribution in [0.25, 0.3) is 11.3 Å². The number of aromatic nitrogens is 1. The van der Waals surface area contributed by atoms with E-state index in [1.165, 1.54) is 7.11 Å². The maximum Gasteiger partial charge on any atom is 0.337 e. The average Bonchev–Trinajstić information content (AvgIpc) is 3.61. The highest BCUT2D eigenvalue weighted by molar-refractivity contribution is 7.80. The van der Waals surface area contributed by atoms with Gasteiger partial charge >= 0.3 is 5.97 Å². The molecule has 0 amide bonds. The van der Waals surface area contributed by atoms with Crippen LogP contribution in [0.2, 0.25) is 0 Å². The molecule has 0 bridgehead atoms. The number of esters is 1. The van der Waals surface area contributed by atoms with Crippen molar-refractivity contribution in [3.8, 4) is 11.3 Å². The van der Waals surface area contributed by atoms with Gasteiger partial charge in [0.2, 0.25) is 0 Å². The molecule has 7 nitrogen and oxygen atoms in total. The van der Waals surface area contributed by atoms with E-state index in [1.807, 2.05) is 42.5 Å². The summed E-state index contributed by atoms with van der Waals surface area (Å²) in [6, 6.07) is 16.7. The number of nitrogens with zero attached hydrogens (tertiary/aromatic N) is 2. The van der Waals surface area contributed by atoms with Crippen molar-refractivity contribution in [3.05, 3.63) is 77.8 Å². The summed E-state index contributed by atoms with van der Waals surface area (Å²) in [5, 5.41) is 4.12. The van der Waals surface area contributed by atoms with Gasteiger partial charge in [0.25, 0.3) is 0 Å². The Morgan fingerprint density at radius 3 is 2.76 bits per heavy atom. The Morgan fingerprint density at radius 2 is 2.06 bits per heavy atom. The molecule has 0 radical (unpaired) electrons. The molecule has 0 spiro atoms. The zero-order valence-electron chi connectivity index (χ0n) is 18.3. The summed E-state index contributed by atoms with van der Waals surface area (Å²) in [7, 11) is 1.37. The maximum atomic E-state index is 11.7. The molecule has 3 aromatic rings. The van der Waals surface area contributed by atoms with E-state index in [1.54, 1.807) is 18.3 Å². The Labute approximate surface area is 197 Å². The second-order valence-electron chi connectivity index (χ2n) is 8.18. The van der Waals surface area contributed by atoms with Gasteiger partial charge in [-0.25, -0.2) is 4.79 Å². The molecule has 170 valence electrons. The number of hydrogen-bond acceptors (Lipinski definition) is 6. The lowest BCUT2D eigenvalue weighted by atomic mass is 10.0. The predicted molar refractivity (Wildman–Crippen MR) is 127 cm³/mol. The van der Waals surface area contributed by atoms with Gasteiger partial charge in [0, 0.05) is 24.9 Å². The molecule has 2 aromatic heterocycles. The van der Waals surface area contributed by atoms with Crippen molar-refractivity contribution in [3.63, 3.8) is 0 Å². The summed E-state index contributed by atoms with van der Waals surface area (Å²) in [5.74, 6) is 1.15. The van der Waals surface area contributed by atoms with Gasteiger partial charge < -0.3 is 24.1 Å². The number of rotatable bonds is 6. The highest BCUT2D eigenvalue weighted by Gasteiger charge is 2.42. The van der Waals surface area contributed by atoms with Gasteiger partial charge in [-0.05, 0) is 61.5 Å². The number of methoxy groups -OCH3 is 1. The van der Waals surface area contributed by atoms with Crippen molar-refractivity contribution in [2.45, 2.75) is 31.0 Å². The molecule has 1 aromatic carbocycles.